The molecule has 0 unspecified atom stereocenters. The number of carbonyl (C=O) groups excluding carboxylic acids is 2. The van der Waals surface area contributed by atoms with E-state index in [0.717, 1.165) is 59.3 Å². The number of aromatic hydroxyl groups is 1. The van der Waals surface area contributed by atoms with E-state index in [2.05, 4.69) is 164 Å². The molecule has 1 N–H and O–H groups in total. The van der Waals surface area contributed by atoms with E-state index in [1.165, 1.54) is 16.0 Å². The average molecular weight is 1140 g/mol. The van der Waals surface area contributed by atoms with Gasteiger partial charge in [-0.25, -0.2) is 0 Å². The van der Waals surface area contributed by atoms with E-state index in [9.17, 15) is 14.7 Å². The summed E-state index contributed by atoms with van der Waals surface area (Å²) in [5.41, 5.74) is 5.46. The molecule has 0 atom stereocenters. The van der Waals surface area contributed by atoms with E-state index >= 15 is 0 Å². The molecule has 2 heterocycles. The van der Waals surface area contributed by atoms with Gasteiger partial charge in [0.1, 0.15) is 11.5 Å². The minimum atomic E-state index is -0.683. The third-order valence-corrected chi connectivity index (χ3v) is 14.2. The van der Waals surface area contributed by atoms with Gasteiger partial charge >= 0.3 is 11.9 Å². The molecule has 0 fully saturated rings. The number of thioether (sulfide) groups is 2. The Morgan fingerprint density at radius 1 is 0.586 bits per heavy atom. The van der Waals surface area contributed by atoms with Gasteiger partial charge in [-0.3, -0.25) is 9.59 Å². The van der Waals surface area contributed by atoms with Gasteiger partial charge in [0.25, 0.3) is 0 Å². The number of nitrogens with zero attached hydrogens (tertiary/aromatic N) is 2. The lowest BCUT2D eigenvalue weighted by molar-refractivity contribution is -0.154. The smallest absolute Gasteiger partial charge is 0.311 e. The van der Waals surface area contributed by atoms with Gasteiger partial charge in [-0.1, -0.05) is 118 Å². The largest absolute Gasteiger partial charge is 0.508 e. The number of thiol groups is 1. The van der Waals surface area contributed by atoms with Crippen LogP contribution in [0, 0.1) is 10.8 Å². The number of hydrogen-bond acceptors (Lipinski definition) is 9. The van der Waals surface area contributed by atoms with Gasteiger partial charge < -0.3 is 28.5 Å². The molecule has 2 aromatic heterocycles. The van der Waals surface area contributed by atoms with Crippen molar-refractivity contribution in [1.29, 1.82) is 0 Å². The molecule has 70 heavy (non-hydrogen) atoms. The van der Waals surface area contributed by atoms with Crippen LogP contribution in [0.2, 0.25) is 0 Å². The molecule has 6 aromatic rings. The lowest BCUT2D eigenvalue weighted by atomic mass is 9.87. The first kappa shape index (κ1) is 59.1. The van der Waals surface area contributed by atoms with Gasteiger partial charge in [0.05, 0.1) is 31.2 Å². The number of fused-ring (bicyclic) bond motifs is 2. The van der Waals surface area contributed by atoms with E-state index in [0.29, 0.717) is 32.6 Å². The number of ether oxygens (including phenoxy) is 3. The summed E-state index contributed by atoms with van der Waals surface area (Å²) in [6, 6.07) is 28.5. The van der Waals surface area contributed by atoms with Crippen molar-refractivity contribution in [2.45, 2.75) is 154 Å². The Bertz CT molecular complexity index is 2700. The standard InChI is InChI=1S/C27H34BrNO3S.C26H32BrNO3S.C4H10S/c1-8-32-25(30)27(5,6)16-23-24(33-26(2,3)4)21-15-20(31-7)13-14-22(21)29(23)17-18-9-11-19(28)12-10-18;1-7-31-24(30)26(5,6)15-22-23(32-25(2,3)4)20-14-19(29)12-13-21(20)28(22)16-17-8-10-18(27)11-9-17;1-4(2,3)5/h9-15H,8,16-17H2,1-7H3;8-14,29H,7,15-16H2,1-6H3;5H,1-3H3. The minimum absolute atomic E-state index is 0.00260. The molecule has 0 bridgehead atoms. The summed E-state index contributed by atoms with van der Waals surface area (Å²) in [5, 5.41) is 12.4. The van der Waals surface area contributed by atoms with Gasteiger partial charge in [-0.15, -0.1) is 23.5 Å². The van der Waals surface area contributed by atoms with E-state index < -0.39 is 10.8 Å². The molecule has 0 radical (unpaired) electrons. The highest BCUT2D eigenvalue weighted by Crippen LogP contribution is 2.46. The highest BCUT2D eigenvalue weighted by Gasteiger charge is 2.36. The van der Waals surface area contributed by atoms with Crippen molar-refractivity contribution < 1.29 is 28.9 Å². The zero-order valence-corrected chi connectivity index (χ0v) is 49.9. The van der Waals surface area contributed by atoms with E-state index in [-0.39, 0.29) is 31.9 Å². The maximum atomic E-state index is 12.8. The van der Waals surface area contributed by atoms with Crippen molar-refractivity contribution in [2.24, 2.45) is 10.8 Å². The Morgan fingerprint density at radius 3 is 1.29 bits per heavy atom. The highest BCUT2D eigenvalue weighted by molar-refractivity contribution is 9.10. The number of halogens is 2. The van der Waals surface area contributed by atoms with Crippen LogP contribution in [0.1, 0.15) is 126 Å². The number of aromatic nitrogens is 2. The number of methoxy groups -OCH3 is 1. The second kappa shape index (κ2) is 24.5. The highest BCUT2D eigenvalue weighted by atomic mass is 79.9. The molecule has 0 aliphatic rings. The molecule has 0 aliphatic heterocycles. The average Bonchev–Trinajstić information content (AvgIpc) is 3.65. The Balaban J connectivity index is 0.000000278. The fourth-order valence-electron chi connectivity index (χ4n) is 7.58. The second-order valence-corrected chi connectivity index (χ2v) is 28.6. The number of rotatable bonds is 15. The molecule has 6 rings (SSSR count). The van der Waals surface area contributed by atoms with Crippen molar-refractivity contribution in [3.8, 4) is 11.5 Å². The number of esters is 2. The third kappa shape index (κ3) is 17.3. The van der Waals surface area contributed by atoms with Crippen molar-refractivity contribution in [3.63, 3.8) is 0 Å². The summed E-state index contributed by atoms with van der Waals surface area (Å²) in [4.78, 5) is 27.9. The summed E-state index contributed by atoms with van der Waals surface area (Å²) < 4.78 is 23.3. The Morgan fingerprint density at radius 2 is 0.943 bits per heavy atom. The molecule has 0 spiro atoms. The van der Waals surface area contributed by atoms with Crippen LogP contribution in [-0.4, -0.2) is 60.7 Å². The molecule has 382 valence electrons. The summed E-state index contributed by atoms with van der Waals surface area (Å²) in [6.45, 7) is 33.0. The van der Waals surface area contributed by atoms with Crippen molar-refractivity contribution in [2.75, 3.05) is 20.3 Å². The summed E-state index contributed by atoms with van der Waals surface area (Å²) in [7, 11) is 1.70. The fraction of sp³-hybridized carbons (Fsp3) is 0.474. The monoisotopic (exact) mass is 1140 g/mol. The minimum Gasteiger partial charge on any atom is -0.508 e. The number of phenolic OH excluding ortho intramolecular Hbond substituents is 1. The molecule has 0 saturated carbocycles. The normalized spacial score (nSPS) is 12.3. The molecule has 4 aromatic carbocycles. The van der Waals surface area contributed by atoms with Crippen molar-refractivity contribution in [1.82, 2.24) is 9.13 Å². The summed E-state index contributed by atoms with van der Waals surface area (Å²) in [6.07, 6.45) is 1.12. The van der Waals surface area contributed by atoms with Crippen LogP contribution in [0.4, 0.5) is 0 Å². The van der Waals surface area contributed by atoms with Crippen LogP contribution in [0.25, 0.3) is 21.8 Å². The maximum absolute atomic E-state index is 12.8. The van der Waals surface area contributed by atoms with Gasteiger partial charge in [-0.05, 0) is 113 Å². The lowest BCUT2D eigenvalue weighted by Gasteiger charge is -2.26. The molecular weight excluding hydrogens is 1060 g/mol. The number of benzene rings is 4. The fourth-order valence-corrected chi connectivity index (χ4v) is 10.5. The van der Waals surface area contributed by atoms with E-state index in [1.54, 1.807) is 24.9 Å². The topological polar surface area (TPSA) is 91.9 Å². The van der Waals surface area contributed by atoms with Gasteiger partial charge in [-0.2, -0.15) is 12.6 Å². The molecule has 13 heteroatoms. The first-order chi connectivity index (χ1) is 32.4. The van der Waals surface area contributed by atoms with Crippen LogP contribution in [-0.2, 0) is 45.0 Å². The zero-order chi connectivity index (χ0) is 52.6. The SMILES string of the molecule is CC(C)(C)S.CCOC(=O)C(C)(C)Cc1c(SC(C)(C)C)c2cc(O)ccc2n1Cc1ccc(Br)cc1.CCOC(=O)C(C)(C)Cc1c(SC(C)(C)C)c2cc(OC)ccc2n1Cc1ccc(Br)cc1. The van der Waals surface area contributed by atoms with Crippen LogP contribution >= 0.6 is 68.0 Å². The molecule has 8 nitrogen and oxygen atoms in total. The predicted molar refractivity (Wildman–Crippen MR) is 307 cm³/mol. The lowest BCUT2D eigenvalue weighted by Crippen LogP contribution is -2.30. The number of carbonyl (C=O) groups is 2. The number of hydrogen-bond donors (Lipinski definition) is 2. The Hall–Kier alpha value is -3.49. The zero-order valence-electron chi connectivity index (χ0n) is 44.2. The second-order valence-electron chi connectivity index (χ2n) is 21.7. The quantitative estimate of drug-likeness (QED) is 0.0597. The van der Waals surface area contributed by atoms with E-state index in [1.807, 2.05) is 83.6 Å². The maximum Gasteiger partial charge on any atom is 0.311 e. The molecular formula is C57H76Br2N2O6S3. The van der Waals surface area contributed by atoms with Crippen LogP contribution in [0.5, 0.6) is 11.5 Å². The van der Waals surface area contributed by atoms with Gasteiger partial charge in [0.15, 0.2) is 0 Å². The Kier molecular flexibility index (Phi) is 20.7. The number of phenols is 1. The van der Waals surface area contributed by atoms with Gasteiger partial charge in [0, 0.05) is 92.1 Å². The first-order valence-corrected chi connectivity index (χ1v) is 27.5. The summed E-state index contributed by atoms with van der Waals surface area (Å²) >= 11 is 14.8. The van der Waals surface area contributed by atoms with Crippen molar-refractivity contribution in [3.05, 3.63) is 116 Å². The molecule has 0 amide bonds. The molecule has 0 aliphatic carbocycles. The van der Waals surface area contributed by atoms with Gasteiger partial charge in [0.2, 0.25) is 0 Å². The third-order valence-electron chi connectivity index (χ3n) is 10.6. The van der Waals surface area contributed by atoms with Crippen molar-refractivity contribution >= 4 is 102 Å². The van der Waals surface area contributed by atoms with Crippen LogP contribution < -0.4 is 4.74 Å². The molecule has 0 saturated heterocycles. The van der Waals surface area contributed by atoms with E-state index in [4.69, 9.17) is 14.2 Å². The van der Waals surface area contributed by atoms with Crippen LogP contribution in [0.15, 0.2) is 104 Å². The Labute approximate surface area is 449 Å². The summed E-state index contributed by atoms with van der Waals surface area (Å²) in [5.74, 6) is 0.699. The van der Waals surface area contributed by atoms with Crippen LogP contribution in [0.3, 0.4) is 0 Å². The first-order valence-electron chi connectivity index (χ1n) is 23.8. The predicted octanol–water partition coefficient (Wildman–Crippen LogP) is 16.4.